The molecule has 0 aromatic carbocycles. The van der Waals surface area contributed by atoms with E-state index in [-0.39, 0.29) is 17.8 Å². The summed E-state index contributed by atoms with van der Waals surface area (Å²) in [6.07, 6.45) is 3.11. The number of ether oxygens (including phenoxy) is 1. The Balaban J connectivity index is 1.92. The number of carbonyl (C=O) groups is 2. The number of hydrogen-bond acceptors (Lipinski definition) is 4. The van der Waals surface area contributed by atoms with Crippen LogP contribution in [0.25, 0.3) is 5.65 Å². The fraction of sp³-hybridized carbons (Fsp3) is 0.471. The molecule has 0 aliphatic carbocycles. The van der Waals surface area contributed by atoms with E-state index in [9.17, 15) is 9.59 Å². The van der Waals surface area contributed by atoms with Gasteiger partial charge in [0.25, 0.3) is 5.91 Å². The fourth-order valence-electron chi connectivity index (χ4n) is 3.21. The molecule has 1 aliphatic rings. The molecule has 1 atom stereocenters. The zero-order valence-corrected chi connectivity index (χ0v) is 15.6. The second-order valence-corrected chi connectivity index (χ2v) is 6.93. The van der Waals surface area contributed by atoms with E-state index in [0.717, 1.165) is 12.8 Å². The van der Waals surface area contributed by atoms with E-state index in [1.807, 2.05) is 0 Å². The van der Waals surface area contributed by atoms with Crippen molar-refractivity contribution in [3.8, 4) is 0 Å². The number of esters is 1. The van der Waals surface area contributed by atoms with Crippen molar-refractivity contribution in [1.29, 1.82) is 0 Å². The molecule has 6 nitrogen and oxygen atoms in total. The lowest BCUT2D eigenvalue weighted by atomic mass is 9.98. The van der Waals surface area contributed by atoms with Gasteiger partial charge in [-0.05, 0) is 32.8 Å². The van der Waals surface area contributed by atoms with Crippen LogP contribution in [-0.2, 0) is 9.53 Å². The van der Waals surface area contributed by atoms with Crippen molar-refractivity contribution in [3.63, 3.8) is 0 Å². The molecule has 1 aliphatic heterocycles. The highest BCUT2D eigenvalue weighted by Gasteiger charge is 2.32. The second kappa shape index (κ2) is 7.22. The van der Waals surface area contributed by atoms with Crippen molar-refractivity contribution in [1.82, 2.24) is 14.3 Å². The normalized spacial score (nSPS) is 17.8. The van der Waals surface area contributed by atoms with Crippen LogP contribution in [-0.4, -0.2) is 45.9 Å². The van der Waals surface area contributed by atoms with Crippen molar-refractivity contribution in [2.75, 3.05) is 19.7 Å². The average Bonchev–Trinajstić information content (AvgIpc) is 2.91. The van der Waals surface area contributed by atoms with Crippen LogP contribution in [0.2, 0.25) is 10.0 Å². The van der Waals surface area contributed by atoms with Crippen molar-refractivity contribution in [2.24, 2.45) is 5.92 Å². The molecule has 0 radical (unpaired) electrons. The molecule has 0 spiro atoms. The first-order chi connectivity index (χ1) is 11.9. The molecule has 2 aromatic rings. The van der Waals surface area contributed by atoms with Crippen LogP contribution in [0.4, 0.5) is 0 Å². The number of amides is 1. The van der Waals surface area contributed by atoms with Gasteiger partial charge in [-0.2, -0.15) is 0 Å². The van der Waals surface area contributed by atoms with Crippen LogP contribution in [0, 0.1) is 12.8 Å². The number of aromatic nitrogens is 2. The molecule has 0 N–H and O–H groups in total. The lowest BCUT2D eigenvalue weighted by Crippen LogP contribution is -2.43. The van der Waals surface area contributed by atoms with E-state index < -0.39 is 0 Å². The summed E-state index contributed by atoms with van der Waals surface area (Å²) in [4.78, 5) is 31.1. The summed E-state index contributed by atoms with van der Waals surface area (Å²) in [6, 6.07) is 1.59. The molecule has 0 saturated carbocycles. The second-order valence-electron chi connectivity index (χ2n) is 6.09. The molecule has 1 saturated heterocycles. The molecular formula is C17H19Cl2N3O3. The fourth-order valence-corrected chi connectivity index (χ4v) is 3.72. The Hall–Kier alpha value is -1.79. The summed E-state index contributed by atoms with van der Waals surface area (Å²) >= 11 is 12.3. The minimum absolute atomic E-state index is 0.183. The summed E-state index contributed by atoms with van der Waals surface area (Å²) in [5.74, 6) is -0.720. The first-order valence-corrected chi connectivity index (χ1v) is 8.97. The molecular weight excluding hydrogens is 365 g/mol. The molecule has 0 bridgehead atoms. The number of piperidine rings is 1. The minimum atomic E-state index is -0.288. The van der Waals surface area contributed by atoms with E-state index in [1.165, 1.54) is 0 Å². The van der Waals surface area contributed by atoms with Gasteiger partial charge in [0.2, 0.25) is 0 Å². The van der Waals surface area contributed by atoms with Crippen LogP contribution in [0.3, 0.4) is 0 Å². The zero-order chi connectivity index (χ0) is 18.1. The predicted molar refractivity (Wildman–Crippen MR) is 95.2 cm³/mol. The van der Waals surface area contributed by atoms with Gasteiger partial charge >= 0.3 is 5.97 Å². The lowest BCUT2D eigenvalue weighted by molar-refractivity contribution is -0.149. The van der Waals surface area contributed by atoms with Gasteiger partial charge in [-0.1, -0.05) is 23.2 Å². The van der Waals surface area contributed by atoms with E-state index in [1.54, 1.807) is 35.4 Å². The van der Waals surface area contributed by atoms with Gasteiger partial charge in [-0.25, -0.2) is 4.98 Å². The van der Waals surface area contributed by atoms with Crippen molar-refractivity contribution in [2.45, 2.75) is 26.7 Å². The van der Waals surface area contributed by atoms with Crippen LogP contribution >= 0.6 is 23.2 Å². The largest absolute Gasteiger partial charge is 0.466 e. The van der Waals surface area contributed by atoms with E-state index in [4.69, 9.17) is 27.9 Å². The summed E-state index contributed by atoms with van der Waals surface area (Å²) in [5, 5.41) is 0.810. The maximum absolute atomic E-state index is 13.1. The predicted octanol–water partition coefficient (Wildman–Crippen LogP) is 3.36. The molecule has 2 aromatic heterocycles. The Morgan fingerprint density at radius 1 is 1.40 bits per heavy atom. The third-order valence-corrected chi connectivity index (χ3v) is 4.83. The van der Waals surface area contributed by atoms with E-state index in [0.29, 0.717) is 46.8 Å². The number of pyridine rings is 1. The van der Waals surface area contributed by atoms with Gasteiger partial charge in [-0.15, -0.1) is 0 Å². The van der Waals surface area contributed by atoms with Gasteiger partial charge in [0.1, 0.15) is 5.69 Å². The highest BCUT2D eigenvalue weighted by molar-refractivity contribution is 6.36. The van der Waals surface area contributed by atoms with Gasteiger partial charge < -0.3 is 9.64 Å². The lowest BCUT2D eigenvalue weighted by Gasteiger charge is -2.31. The number of fused-ring (bicyclic) bond motifs is 1. The van der Waals surface area contributed by atoms with Crippen LogP contribution in [0.1, 0.15) is 35.9 Å². The van der Waals surface area contributed by atoms with Crippen LogP contribution < -0.4 is 0 Å². The molecule has 25 heavy (non-hydrogen) atoms. The van der Waals surface area contributed by atoms with Gasteiger partial charge in [0, 0.05) is 19.3 Å². The minimum Gasteiger partial charge on any atom is -0.466 e. The van der Waals surface area contributed by atoms with Crippen LogP contribution in [0.15, 0.2) is 12.3 Å². The summed E-state index contributed by atoms with van der Waals surface area (Å²) in [6.45, 7) is 4.82. The first kappa shape index (κ1) is 18.0. The Morgan fingerprint density at radius 2 is 2.16 bits per heavy atom. The number of carbonyl (C=O) groups excluding carboxylic acids is 2. The Bertz CT molecular complexity index is 834. The Labute approximate surface area is 155 Å². The molecule has 1 fully saturated rings. The van der Waals surface area contributed by atoms with Crippen molar-refractivity contribution < 1.29 is 14.3 Å². The maximum atomic E-state index is 13.1. The summed E-state index contributed by atoms with van der Waals surface area (Å²) in [7, 11) is 0. The smallest absolute Gasteiger partial charge is 0.310 e. The topological polar surface area (TPSA) is 63.9 Å². The quantitative estimate of drug-likeness (QED) is 0.762. The first-order valence-electron chi connectivity index (χ1n) is 8.22. The number of rotatable bonds is 3. The Kier molecular flexibility index (Phi) is 5.20. The van der Waals surface area contributed by atoms with Crippen molar-refractivity contribution >= 4 is 40.7 Å². The van der Waals surface area contributed by atoms with E-state index in [2.05, 4.69) is 4.98 Å². The number of imidazole rings is 1. The summed E-state index contributed by atoms with van der Waals surface area (Å²) < 4.78 is 6.72. The van der Waals surface area contributed by atoms with Gasteiger partial charge in [-0.3, -0.25) is 14.0 Å². The molecule has 1 amide bonds. The van der Waals surface area contributed by atoms with Gasteiger partial charge in [0.05, 0.1) is 28.3 Å². The number of likely N-dealkylation sites (tertiary alicyclic amines) is 1. The number of nitrogens with zero attached hydrogens (tertiary/aromatic N) is 3. The number of aryl methyl sites for hydroxylation is 1. The SMILES string of the molecule is CCOC(=O)C1CCCN(C(=O)c2c(C)nc3c(Cl)cc(Cl)cn23)C1. The molecule has 3 rings (SSSR count). The zero-order valence-electron chi connectivity index (χ0n) is 14.1. The number of hydrogen-bond donors (Lipinski definition) is 0. The van der Waals surface area contributed by atoms with E-state index >= 15 is 0 Å². The van der Waals surface area contributed by atoms with Gasteiger partial charge in [0.15, 0.2) is 5.65 Å². The maximum Gasteiger partial charge on any atom is 0.310 e. The Morgan fingerprint density at radius 3 is 2.88 bits per heavy atom. The summed E-state index contributed by atoms with van der Waals surface area (Å²) in [5.41, 5.74) is 1.49. The molecule has 1 unspecified atom stereocenters. The molecule has 8 heteroatoms. The third kappa shape index (κ3) is 3.46. The molecule has 134 valence electrons. The number of halogens is 2. The monoisotopic (exact) mass is 383 g/mol. The highest BCUT2D eigenvalue weighted by Crippen LogP contribution is 2.26. The van der Waals surface area contributed by atoms with Crippen molar-refractivity contribution in [3.05, 3.63) is 33.7 Å². The average molecular weight is 384 g/mol. The highest BCUT2D eigenvalue weighted by atomic mass is 35.5. The molecule has 3 heterocycles. The van der Waals surface area contributed by atoms with Crippen LogP contribution in [0.5, 0.6) is 0 Å². The standard InChI is InChI=1S/C17H19Cl2N3O3/c1-3-25-17(24)11-5-4-6-21(8-11)16(23)14-10(2)20-15-13(19)7-12(18)9-22(14)15/h7,9,11H,3-6,8H2,1-2H3. The third-order valence-electron chi connectivity index (χ3n) is 4.35.